The van der Waals surface area contributed by atoms with E-state index in [0.29, 0.717) is 36.2 Å². The van der Waals surface area contributed by atoms with Gasteiger partial charge in [0.2, 0.25) is 10.0 Å². The molecule has 0 aliphatic carbocycles. The van der Waals surface area contributed by atoms with Gasteiger partial charge in [-0.25, -0.2) is 8.42 Å². The van der Waals surface area contributed by atoms with Crippen LogP contribution < -0.4 is 15.4 Å². The van der Waals surface area contributed by atoms with Gasteiger partial charge in [0.05, 0.1) is 17.7 Å². The fraction of sp³-hybridized carbons (Fsp3) is 0.588. The molecule has 2 rings (SSSR count). The number of hydrogen-bond donors (Lipinski definition) is 2. The van der Waals surface area contributed by atoms with E-state index in [1.54, 1.807) is 29.6 Å². The van der Waals surface area contributed by atoms with Crippen LogP contribution in [0.4, 0.5) is 5.69 Å². The summed E-state index contributed by atoms with van der Waals surface area (Å²) in [6.45, 7) is 2.67. The number of thiocarbonyl (C=S) groups is 1. The van der Waals surface area contributed by atoms with Gasteiger partial charge in [0.1, 0.15) is 5.75 Å². The molecule has 1 aliphatic heterocycles. The molecule has 26 heavy (non-hydrogen) atoms. The fourth-order valence-electron chi connectivity index (χ4n) is 2.76. The number of rotatable bonds is 7. The molecule has 0 saturated carbocycles. The minimum Gasteiger partial charge on any atom is -0.495 e. The molecule has 0 radical (unpaired) electrons. The van der Waals surface area contributed by atoms with E-state index in [1.165, 1.54) is 0 Å². The Morgan fingerprint density at radius 3 is 2.58 bits per heavy atom. The summed E-state index contributed by atoms with van der Waals surface area (Å²) in [7, 11) is 2.00. The maximum atomic E-state index is 12.9. The minimum absolute atomic E-state index is 0.249. The van der Waals surface area contributed by atoms with E-state index in [0.717, 1.165) is 25.8 Å². The lowest BCUT2D eigenvalue weighted by atomic mass is 10.2. The van der Waals surface area contributed by atoms with E-state index in [1.807, 2.05) is 19.0 Å². The van der Waals surface area contributed by atoms with Crippen molar-refractivity contribution in [3.05, 3.63) is 18.2 Å². The van der Waals surface area contributed by atoms with Crippen LogP contribution in [-0.4, -0.2) is 70.1 Å². The maximum Gasteiger partial charge on any atom is 0.243 e. The van der Waals surface area contributed by atoms with Crippen molar-refractivity contribution in [2.45, 2.75) is 24.2 Å². The quantitative estimate of drug-likeness (QED) is 0.675. The van der Waals surface area contributed by atoms with Crippen molar-refractivity contribution in [1.29, 1.82) is 0 Å². The predicted molar refractivity (Wildman–Crippen MR) is 108 cm³/mol. The van der Waals surface area contributed by atoms with Crippen molar-refractivity contribution in [3.63, 3.8) is 0 Å². The molecule has 0 amide bonds. The van der Waals surface area contributed by atoms with Gasteiger partial charge in [0.15, 0.2) is 5.11 Å². The average Bonchev–Trinajstić information content (AvgIpc) is 2.62. The van der Waals surface area contributed by atoms with Crippen LogP contribution in [0.5, 0.6) is 5.75 Å². The van der Waals surface area contributed by atoms with Crippen molar-refractivity contribution >= 4 is 33.0 Å². The van der Waals surface area contributed by atoms with Crippen LogP contribution >= 0.6 is 12.2 Å². The Morgan fingerprint density at radius 1 is 1.27 bits per heavy atom. The largest absolute Gasteiger partial charge is 0.495 e. The number of piperidine rings is 1. The predicted octanol–water partition coefficient (Wildman–Crippen LogP) is 1.72. The summed E-state index contributed by atoms with van der Waals surface area (Å²) >= 11 is 5.30. The number of nitrogens with zero attached hydrogens (tertiary/aromatic N) is 2. The molecule has 7 nitrogen and oxygen atoms in total. The number of methoxy groups -OCH3 is 1. The molecule has 1 heterocycles. The Kier molecular flexibility index (Phi) is 7.63. The highest BCUT2D eigenvalue weighted by Crippen LogP contribution is 2.29. The van der Waals surface area contributed by atoms with E-state index >= 15 is 0 Å². The lowest BCUT2D eigenvalue weighted by molar-refractivity contribution is 0.346. The number of likely N-dealkylation sites (N-methyl/N-ethyl adjacent to an activating group) is 1. The normalized spacial score (nSPS) is 15.7. The smallest absolute Gasteiger partial charge is 0.243 e. The van der Waals surface area contributed by atoms with Crippen LogP contribution in [0.15, 0.2) is 23.1 Å². The molecule has 1 aliphatic rings. The second kappa shape index (κ2) is 9.50. The minimum atomic E-state index is -3.51. The van der Waals surface area contributed by atoms with Crippen molar-refractivity contribution < 1.29 is 13.2 Å². The van der Waals surface area contributed by atoms with Gasteiger partial charge >= 0.3 is 0 Å². The fourth-order valence-corrected chi connectivity index (χ4v) is 4.51. The zero-order chi connectivity index (χ0) is 19.2. The summed E-state index contributed by atoms with van der Waals surface area (Å²) in [5, 5.41) is 6.57. The molecule has 1 aromatic rings. The molecule has 1 fully saturated rings. The van der Waals surface area contributed by atoms with Crippen LogP contribution in [0.3, 0.4) is 0 Å². The first kappa shape index (κ1) is 20.9. The molecule has 0 spiro atoms. The van der Waals surface area contributed by atoms with Crippen molar-refractivity contribution in [2.24, 2.45) is 0 Å². The van der Waals surface area contributed by atoms with Gasteiger partial charge in [-0.3, -0.25) is 0 Å². The van der Waals surface area contributed by atoms with Crippen LogP contribution in [-0.2, 0) is 10.0 Å². The van der Waals surface area contributed by atoms with E-state index in [4.69, 9.17) is 17.0 Å². The zero-order valence-corrected chi connectivity index (χ0v) is 17.3. The molecule has 1 saturated heterocycles. The Bertz CT molecular complexity index is 717. The first-order valence-corrected chi connectivity index (χ1v) is 10.6. The number of sulfonamides is 1. The van der Waals surface area contributed by atoms with Crippen LogP contribution in [0.2, 0.25) is 0 Å². The van der Waals surface area contributed by atoms with Gasteiger partial charge in [-0.2, -0.15) is 4.31 Å². The molecule has 0 unspecified atom stereocenters. The van der Waals surface area contributed by atoms with Crippen molar-refractivity contribution in [2.75, 3.05) is 52.7 Å². The van der Waals surface area contributed by atoms with Crippen molar-refractivity contribution in [3.8, 4) is 5.75 Å². The molecular weight excluding hydrogens is 372 g/mol. The lowest BCUT2D eigenvalue weighted by Crippen LogP contribution is -2.36. The topological polar surface area (TPSA) is 73.9 Å². The highest BCUT2D eigenvalue weighted by molar-refractivity contribution is 7.89. The summed E-state index contributed by atoms with van der Waals surface area (Å²) < 4.78 is 32.6. The second-order valence-corrected chi connectivity index (χ2v) is 8.86. The first-order valence-electron chi connectivity index (χ1n) is 8.72. The SMILES string of the molecule is COc1ccc(S(=O)(=O)N2CCCCC2)cc1NC(=S)NCCN(C)C. The number of benzene rings is 1. The highest BCUT2D eigenvalue weighted by atomic mass is 32.2. The summed E-state index contributed by atoms with van der Waals surface area (Å²) in [6, 6.07) is 4.82. The third-order valence-electron chi connectivity index (χ3n) is 4.22. The maximum absolute atomic E-state index is 12.9. The van der Waals surface area contributed by atoms with E-state index in [9.17, 15) is 8.42 Å². The molecule has 2 N–H and O–H groups in total. The number of hydrogen-bond acceptors (Lipinski definition) is 5. The molecule has 0 aromatic heterocycles. The van der Waals surface area contributed by atoms with Gasteiger partial charge in [0, 0.05) is 26.2 Å². The van der Waals surface area contributed by atoms with E-state index in [-0.39, 0.29) is 4.90 Å². The summed E-state index contributed by atoms with van der Waals surface area (Å²) in [5.41, 5.74) is 0.535. The number of anilines is 1. The van der Waals surface area contributed by atoms with E-state index < -0.39 is 10.0 Å². The van der Waals surface area contributed by atoms with Crippen molar-refractivity contribution in [1.82, 2.24) is 14.5 Å². The van der Waals surface area contributed by atoms with Gasteiger partial charge in [0.25, 0.3) is 0 Å². The zero-order valence-electron chi connectivity index (χ0n) is 15.6. The highest BCUT2D eigenvalue weighted by Gasteiger charge is 2.26. The van der Waals surface area contributed by atoms with E-state index in [2.05, 4.69) is 10.6 Å². The summed E-state index contributed by atoms with van der Waals surface area (Å²) in [5.74, 6) is 0.541. The standard InChI is InChI=1S/C17H28N4O3S2/c1-20(2)12-9-18-17(25)19-15-13-14(7-8-16(15)24-3)26(22,23)21-10-5-4-6-11-21/h7-8,13H,4-6,9-12H2,1-3H3,(H2,18,19,25). The van der Waals surface area contributed by atoms with Crippen LogP contribution in [0.25, 0.3) is 0 Å². The number of ether oxygens (including phenoxy) is 1. The molecule has 9 heteroatoms. The third-order valence-corrected chi connectivity index (χ3v) is 6.36. The van der Waals surface area contributed by atoms with Gasteiger partial charge in [-0.1, -0.05) is 6.42 Å². The van der Waals surface area contributed by atoms with Gasteiger partial charge in [-0.05, 0) is 57.4 Å². The first-order chi connectivity index (χ1) is 12.3. The molecule has 146 valence electrons. The molecule has 0 atom stereocenters. The Hall–Kier alpha value is -1.42. The Morgan fingerprint density at radius 2 is 1.96 bits per heavy atom. The summed E-state index contributed by atoms with van der Waals surface area (Å²) in [6.07, 6.45) is 2.88. The molecule has 0 bridgehead atoms. The molecule has 1 aromatic carbocycles. The Labute approximate surface area is 161 Å². The summed E-state index contributed by atoms with van der Waals surface area (Å²) in [4.78, 5) is 2.29. The van der Waals surface area contributed by atoms with Gasteiger partial charge in [-0.15, -0.1) is 0 Å². The Balaban J connectivity index is 2.15. The monoisotopic (exact) mass is 400 g/mol. The molecular formula is C17H28N4O3S2. The number of nitrogens with one attached hydrogen (secondary N) is 2. The van der Waals surface area contributed by atoms with Gasteiger partial charge < -0.3 is 20.3 Å². The lowest BCUT2D eigenvalue weighted by Gasteiger charge is -2.26. The second-order valence-electron chi connectivity index (χ2n) is 6.51. The van der Waals surface area contributed by atoms with Crippen LogP contribution in [0.1, 0.15) is 19.3 Å². The van der Waals surface area contributed by atoms with Crippen LogP contribution in [0, 0.1) is 0 Å². The third kappa shape index (κ3) is 5.54. The average molecular weight is 401 g/mol.